The van der Waals surface area contributed by atoms with E-state index in [0.717, 1.165) is 12.2 Å². The van der Waals surface area contributed by atoms with E-state index in [0.29, 0.717) is 23.4 Å². The van der Waals surface area contributed by atoms with Gasteiger partial charge in [0, 0.05) is 0 Å². The van der Waals surface area contributed by atoms with Crippen molar-refractivity contribution in [3.63, 3.8) is 0 Å². The van der Waals surface area contributed by atoms with Crippen molar-refractivity contribution in [2.75, 3.05) is 6.61 Å². The van der Waals surface area contributed by atoms with Crippen LogP contribution < -0.4 is 14.9 Å². The monoisotopic (exact) mass is 482 g/mol. The van der Waals surface area contributed by atoms with Gasteiger partial charge in [-0.15, -0.1) is 0 Å². The maximum Gasteiger partial charge on any atom is 0.488 e. The number of ether oxygens (including phenoxy) is 2. The smallest absolute Gasteiger partial charge is 0.488 e. The molecule has 2 aromatic carbocycles. The number of benzene rings is 2. The Bertz CT molecular complexity index is 805. The summed E-state index contributed by atoms with van der Waals surface area (Å²) in [6, 6.07) is 13.0. The highest BCUT2D eigenvalue weighted by Gasteiger charge is 2.12. The second-order valence-corrected chi connectivity index (χ2v) is 9.30. The van der Waals surface area contributed by atoms with Gasteiger partial charge in [0.05, 0.1) is 12.2 Å². The predicted octanol–water partition coefficient (Wildman–Crippen LogP) is 6.45. The summed E-state index contributed by atoms with van der Waals surface area (Å²) in [7, 11) is -1.54. The average Bonchev–Trinajstić information content (AvgIpc) is 2.87. The lowest BCUT2D eigenvalue weighted by molar-refractivity contribution is 0.0734. The number of carbonyl (C=O) groups is 1. The van der Waals surface area contributed by atoms with Gasteiger partial charge in [-0.25, -0.2) is 4.79 Å². The largest absolute Gasteiger partial charge is 0.494 e. The molecule has 0 spiro atoms. The molecule has 2 rings (SSSR count). The fourth-order valence-electron chi connectivity index (χ4n) is 4.05. The molecule has 0 amide bonds. The van der Waals surface area contributed by atoms with E-state index in [4.69, 9.17) is 19.5 Å². The molecule has 0 radical (unpaired) electrons. The van der Waals surface area contributed by atoms with Crippen molar-refractivity contribution in [3.05, 3.63) is 54.1 Å². The lowest BCUT2D eigenvalue weighted by atomic mass is 9.80. The second kappa shape index (κ2) is 18.0. The Balaban J connectivity index is 1.48. The van der Waals surface area contributed by atoms with E-state index in [-0.39, 0.29) is 0 Å². The third kappa shape index (κ3) is 12.8. The van der Waals surface area contributed by atoms with Gasteiger partial charge in [-0.3, -0.25) is 0 Å². The highest BCUT2D eigenvalue weighted by molar-refractivity contribution is 6.58. The Labute approximate surface area is 212 Å². The van der Waals surface area contributed by atoms with Crippen molar-refractivity contribution < 1.29 is 24.3 Å². The van der Waals surface area contributed by atoms with E-state index in [1.807, 2.05) is 0 Å². The molecule has 0 fully saturated rings. The van der Waals surface area contributed by atoms with Gasteiger partial charge in [0.25, 0.3) is 0 Å². The lowest BCUT2D eigenvalue weighted by Gasteiger charge is -2.08. The molecule has 0 bridgehead atoms. The fourth-order valence-corrected chi connectivity index (χ4v) is 4.05. The molecule has 0 heterocycles. The number of carbonyl (C=O) groups excluding carboxylic acids is 1. The number of hydrogen-bond donors (Lipinski definition) is 2. The first-order valence-electron chi connectivity index (χ1n) is 13.5. The summed E-state index contributed by atoms with van der Waals surface area (Å²) >= 11 is 0. The molecule has 0 aliphatic carbocycles. The quantitative estimate of drug-likeness (QED) is 0.104. The van der Waals surface area contributed by atoms with E-state index in [9.17, 15) is 4.79 Å². The standard InChI is InChI=1S/C29H43BO5/c1-2-3-4-5-6-7-8-9-10-11-12-13-14-15-24-34-27-20-16-25(17-21-27)29(31)35-28-22-18-26(19-23-28)30(32)33/h16-23,32-33H,2-15,24H2,1H3. The fraction of sp³-hybridized carbons (Fsp3) is 0.552. The zero-order chi connectivity index (χ0) is 25.1. The summed E-state index contributed by atoms with van der Waals surface area (Å²) in [4.78, 5) is 12.3. The predicted molar refractivity (Wildman–Crippen MR) is 143 cm³/mol. The van der Waals surface area contributed by atoms with Gasteiger partial charge in [0.1, 0.15) is 11.5 Å². The first-order valence-corrected chi connectivity index (χ1v) is 13.5. The summed E-state index contributed by atoms with van der Waals surface area (Å²) in [6.45, 7) is 2.95. The highest BCUT2D eigenvalue weighted by atomic mass is 16.5. The van der Waals surface area contributed by atoms with Gasteiger partial charge in [-0.1, -0.05) is 103 Å². The Morgan fingerprint density at radius 2 is 1.11 bits per heavy atom. The minimum Gasteiger partial charge on any atom is -0.494 e. The van der Waals surface area contributed by atoms with Crippen LogP contribution in [0.3, 0.4) is 0 Å². The molecule has 0 atom stereocenters. The minimum atomic E-state index is -1.54. The molecule has 0 unspecified atom stereocenters. The Morgan fingerprint density at radius 3 is 1.60 bits per heavy atom. The van der Waals surface area contributed by atoms with Crippen molar-refractivity contribution in [2.45, 2.75) is 96.8 Å². The Morgan fingerprint density at radius 1 is 0.657 bits per heavy atom. The summed E-state index contributed by atoms with van der Waals surface area (Å²) < 4.78 is 11.1. The minimum absolute atomic E-state index is 0.338. The Kier molecular flexibility index (Phi) is 14.9. The maximum atomic E-state index is 12.3. The molecule has 5 nitrogen and oxygen atoms in total. The molecule has 0 aliphatic heterocycles. The molecular formula is C29H43BO5. The van der Waals surface area contributed by atoms with Gasteiger partial charge in [0.2, 0.25) is 0 Å². The first-order chi connectivity index (χ1) is 17.1. The van der Waals surface area contributed by atoms with Crippen LogP contribution in [0.1, 0.15) is 107 Å². The number of esters is 1. The summed E-state index contributed by atoms with van der Waals surface area (Å²) in [5.74, 6) is 0.621. The number of hydrogen-bond acceptors (Lipinski definition) is 5. The molecule has 6 heteroatoms. The zero-order valence-corrected chi connectivity index (χ0v) is 21.4. The normalized spacial score (nSPS) is 10.8. The topological polar surface area (TPSA) is 76.0 Å². The summed E-state index contributed by atoms with van der Waals surface area (Å²) in [5.41, 5.74) is 0.769. The molecule has 0 aromatic heterocycles. The van der Waals surface area contributed by atoms with Crippen LogP contribution in [0, 0.1) is 0 Å². The van der Waals surface area contributed by atoms with E-state index >= 15 is 0 Å². The van der Waals surface area contributed by atoms with Gasteiger partial charge in [0.15, 0.2) is 0 Å². The van der Waals surface area contributed by atoms with Crippen LogP contribution in [0.5, 0.6) is 11.5 Å². The molecule has 0 saturated heterocycles. The SMILES string of the molecule is CCCCCCCCCCCCCCCCOc1ccc(C(=O)Oc2ccc(B(O)O)cc2)cc1. The van der Waals surface area contributed by atoms with Crippen molar-refractivity contribution in [1.29, 1.82) is 0 Å². The van der Waals surface area contributed by atoms with Crippen molar-refractivity contribution in [3.8, 4) is 11.5 Å². The molecule has 2 aromatic rings. The highest BCUT2D eigenvalue weighted by Crippen LogP contribution is 2.17. The molecule has 0 aliphatic rings. The van der Waals surface area contributed by atoms with E-state index < -0.39 is 13.1 Å². The molecular weight excluding hydrogens is 439 g/mol. The van der Waals surface area contributed by atoms with Crippen molar-refractivity contribution in [2.24, 2.45) is 0 Å². The van der Waals surface area contributed by atoms with Crippen molar-refractivity contribution in [1.82, 2.24) is 0 Å². The van der Waals surface area contributed by atoms with Crippen molar-refractivity contribution >= 4 is 18.6 Å². The van der Waals surface area contributed by atoms with Crippen LogP contribution in [-0.4, -0.2) is 29.7 Å². The zero-order valence-electron chi connectivity index (χ0n) is 21.4. The van der Waals surface area contributed by atoms with E-state index in [2.05, 4.69) is 6.92 Å². The van der Waals surface area contributed by atoms with E-state index in [1.165, 1.54) is 108 Å². The van der Waals surface area contributed by atoms with Crippen LogP contribution >= 0.6 is 0 Å². The molecule has 2 N–H and O–H groups in total. The van der Waals surface area contributed by atoms with Crippen LogP contribution in [0.4, 0.5) is 0 Å². The molecule has 192 valence electrons. The summed E-state index contributed by atoms with van der Waals surface area (Å²) in [6.07, 6.45) is 18.7. The third-order valence-corrected chi connectivity index (χ3v) is 6.25. The van der Waals surface area contributed by atoms with Crippen LogP contribution in [0.25, 0.3) is 0 Å². The van der Waals surface area contributed by atoms with Crippen LogP contribution in [0.15, 0.2) is 48.5 Å². The number of rotatable bonds is 19. The van der Waals surface area contributed by atoms with E-state index in [1.54, 1.807) is 24.3 Å². The number of unbranched alkanes of at least 4 members (excludes halogenated alkanes) is 13. The average molecular weight is 482 g/mol. The van der Waals surface area contributed by atoms with Gasteiger partial charge >= 0.3 is 13.1 Å². The van der Waals surface area contributed by atoms with Gasteiger partial charge in [-0.05, 0) is 48.3 Å². The van der Waals surface area contributed by atoms with Gasteiger partial charge in [-0.2, -0.15) is 0 Å². The first kappa shape index (κ1) is 28.9. The Hall–Kier alpha value is -2.31. The van der Waals surface area contributed by atoms with Crippen LogP contribution in [0.2, 0.25) is 0 Å². The third-order valence-electron chi connectivity index (χ3n) is 6.25. The lowest BCUT2D eigenvalue weighted by Crippen LogP contribution is -2.29. The molecule has 35 heavy (non-hydrogen) atoms. The van der Waals surface area contributed by atoms with Gasteiger partial charge < -0.3 is 19.5 Å². The van der Waals surface area contributed by atoms with Crippen LogP contribution in [-0.2, 0) is 0 Å². The molecule has 0 saturated carbocycles. The second-order valence-electron chi connectivity index (χ2n) is 9.30. The maximum absolute atomic E-state index is 12.3. The summed E-state index contributed by atoms with van der Waals surface area (Å²) in [5, 5.41) is 18.2.